The lowest BCUT2D eigenvalue weighted by Crippen LogP contribution is -2.23. The number of imidazole rings is 1. The number of carbonyl (C=O) groups excluding carboxylic acids is 1. The number of benzene rings is 2. The molecule has 0 saturated carbocycles. The smallest absolute Gasteiger partial charge is 0.475 e. The predicted octanol–water partition coefficient (Wildman–Crippen LogP) is 4.70. The van der Waals surface area contributed by atoms with E-state index in [9.17, 15) is 22.4 Å². The molecule has 4 rings (SSSR count). The molecule has 0 bridgehead atoms. The van der Waals surface area contributed by atoms with Gasteiger partial charge in [-0.15, -0.1) is 0 Å². The average Bonchev–Trinajstić information content (AvgIpc) is 3.18. The Morgan fingerprint density at radius 3 is 2.15 bits per heavy atom. The molecule has 0 aliphatic rings. The third kappa shape index (κ3) is 5.94. The zero-order valence-electron chi connectivity index (χ0n) is 16.9. The van der Waals surface area contributed by atoms with Crippen molar-refractivity contribution in [1.82, 2.24) is 14.7 Å². The highest BCUT2D eigenvalue weighted by molar-refractivity contribution is 6.00. The summed E-state index contributed by atoms with van der Waals surface area (Å²) in [7, 11) is 0. The van der Waals surface area contributed by atoms with Crippen LogP contribution in [0.5, 0.6) is 0 Å². The van der Waals surface area contributed by atoms with Crippen molar-refractivity contribution in [2.45, 2.75) is 12.7 Å². The van der Waals surface area contributed by atoms with Crippen molar-refractivity contribution in [1.29, 1.82) is 0 Å². The number of carboxylic acid groups (broad SMARTS) is 1. The molecule has 0 aliphatic carbocycles. The monoisotopic (exact) mass is 459 g/mol. The highest BCUT2D eigenvalue weighted by atomic mass is 19.4. The third-order valence-electron chi connectivity index (χ3n) is 4.40. The predicted molar refractivity (Wildman–Crippen MR) is 112 cm³/mol. The van der Waals surface area contributed by atoms with Crippen LogP contribution in [0, 0.1) is 5.82 Å². The van der Waals surface area contributed by atoms with E-state index in [4.69, 9.17) is 9.90 Å². The number of nitrogens with one attached hydrogen (secondary N) is 1. The summed E-state index contributed by atoms with van der Waals surface area (Å²) >= 11 is 0. The number of rotatable bonds is 4. The number of amides is 1. The Kier molecular flexibility index (Phi) is 7.07. The molecular weight excluding hydrogens is 442 g/mol. The molecule has 1 amide bonds. The number of alkyl halides is 3. The fraction of sp³-hybridized carbons (Fsp3) is 0.0870. The first-order valence-electron chi connectivity index (χ1n) is 9.52. The molecule has 0 aliphatic heterocycles. The molecule has 0 atom stereocenters. The van der Waals surface area contributed by atoms with Gasteiger partial charge in [0, 0.05) is 18.3 Å². The highest BCUT2D eigenvalue weighted by Gasteiger charge is 2.38. The lowest BCUT2D eigenvalue weighted by Gasteiger charge is -2.03. The number of hydrogen-bond donors (Lipinski definition) is 2. The van der Waals surface area contributed by atoms with E-state index in [-0.39, 0.29) is 11.7 Å². The van der Waals surface area contributed by atoms with Gasteiger partial charge in [-0.3, -0.25) is 9.20 Å². The third-order valence-corrected chi connectivity index (χ3v) is 4.40. The summed E-state index contributed by atoms with van der Waals surface area (Å²) < 4.78 is 46.8. The fourth-order valence-electron chi connectivity index (χ4n) is 2.87. The summed E-state index contributed by atoms with van der Waals surface area (Å²) in [6, 6.07) is 21.4. The van der Waals surface area contributed by atoms with E-state index in [2.05, 4.69) is 10.3 Å². The minimum Gasteiger partial charge on any atom is -0.475 e. The summed E-state index contributed by atoms with van der Waals surface area (Å²) in [6.07, 6.45) is -3.24. The van der Waals surface area contributed by atoms with E-state index in [1.54, 1.807) is 12.1 Å². The van der Waals surface area contributed by atoms with Gasteiger partial charge in [0.15, 0.2) is 5.69 Å². The van der Waals surface area contributed by atoms with E-state index >= 15 is 0 Å². The normalized spacial score (nSPS) is 10.9. The van der Waals surface area contributed by atoms with Crippen LogP contribution < -0.4 is 5.32 Å². The van der Waals surface area contributed by atoms with E-state index < -0.39 is 12.1 Å². The first-order valence-corrected chi connectivity index (χ1v) is 9.52. The summed E-state index contributed by atoms with van der Waals surface area (Å²) in [5, 5.41) is 10.0. The minimum atomic E-state index is -5.08. The number of carboxylic acids is 1. The Hall–Kier alpha value is -4.21. The fourth-order valence-corrected chi connectivity index (χ4v) is 2.87. The Morgan fingerprint density at radius 1 is 0.939 bits per heavy atom. The molecule has 2 heterocycles. The van der Waals surface area contributed by atoms with Crippen LogP contribution in [0.4, 0.5) is 17.6 Å². The molecule has 2 aromatic heterocycles. The molecule has 0 radical (unpaired) electrons. The van der Waals surface area contributed by atoms with Gasteiger partial charge in [0.1, 0.15) is 11.6 Å². The number of fused-ring (bicyclic) bond motifs is 1. The van der Waals surface area contributed by atoms with Crippen molar-refractivity contribution in [3.63, 3.8) is 0 Å². The molecular formula is C23H17F4N3O3. The first kappa shape index (κ1) is 23.5. The molecule has 10 heteroatoms. The lowest BCUT2D eigenvalue weighted by atomic mass is 10.2. The van der Waals surface area contributed by atoms with Gasteiger partial charge in [-0.2, -0.15) is 13.2 Å². The molecule has 33 heavy (non-hydrogen) atoms. The highest BCUT2D eigenvalue weighted by Crippen LogP contribution is 2.23. The number of carbonyl (C=O) groups is 2. The molecule has 6 nitrogen and oxygen atoms in total. The second kappa shape index (κ2) is 9.94. The van der Waals surface area contributed by atoms with Crippen molar-refractivity contribution in [3.8, 4) is 11.4 Å². The van der Waals surface area contributed by atoms with E-state index in [0.717, 1.165) is 11.1 Å². The van der Waals surface area contributed by atoms with Crippen LogP contribution in [0.3, 0.4) is 0 Å². The maximum Gasteiger partial charge on any atom is 0.490 e. The number of aliphatic carboxylic acids is 1. The molecule has 2 aromatic carbocycles. The van der Waals surface area contributed by atoms with Crippen molar-refractivity contribution in [2.75, 3.05) is 0 Å². The molecule has 4 aromatic rings. The van der Waals surface area contributed by atoms with Crippen LogP contribution in [-0.4, -0.2) is 32.5 Å². The lowest BCUT2D eigenvalue weighted by molar-refractivity contribution is -0.192. The van der Waals surface area contributed by atoms with Crippen molar-refractivity contribution < 1.29 is 32.3 Å². The van der Waals surface area contributed by atoms with Gasteiger partial charge in [0.25, 0.3) is 5.91 Å². The maximum absolute atomic E-state index is 13.2. The van der Waals surface area contributed by atoms with Gasteiger partial charge >= 0.3 is 12.1 Å². The quantitative estimate of drug-likeness (QED) is 0.433. The number of pyridine rings is 1. The van der Waals surface area contributed by atoms with Crippen LogP contribution in [0.25, 0.3) is 16.9 Å². The van der Waals surface area contributed by atoms with Crippen LogP contribution in [0.15, 0.2) is 79.0 Å². The van der Waals surface area contributed by atoms with Crippen LogP contribution in [0.1, 0.15) is 16.1 Å². The van der Waals surface area contributed by atoms with Crippen LogP contribution in [-0.2, 0) is 11.3 Å². The van der Waals surface area contributed by atoms with Gasteiger partial charge in [0.2, 0.25) is 0 Å². The van der Waals surface area contributed by atoms with Crippen molar-refractivity contribution in [2.24, 2.45) is 0 Å². The minimum absolute atomic E-state index is 0.245. The van der Waals surface area contributed by atoms with E-state index in [0.29, 0.717) is 23.6 Å². The molecule has 0 spiro atoms. The van der Waals surface area contributed by atoms with Gasteiger partial charge < -0.3 is 10.4 Å². The van der Waals surface area contributed by atoms with Crippen molar-refractivity contribution in [3.05, 3.63) is 96.1 Å². The molecule has 2 N–H and O–H groups in total. The Morgan fingerprint density at radius 2 is 1.55 bits per heavy atom. The zero-order valence-corrected chi connectivity index (χ0v) is 16.9. The number of hydrogen-bond acceptors (Lipinski definition) is 3. The number of nitrogens with zero attached hydrogens (tertiary/aromatic N) is 2. The SMILES string of the molecule is O=C(NCc1ccccc1)c1nc(-c2ccc(F)cc2)n2ccccc12.O=C(O)C(F)(F)F. The summed E-state index contributed by atoms with van der Waals surface area (Å²) in [5.41, 5.74) is 2.82. The second-order valence-electron chi connectivity index (χ2n) is 6.72. The van der Waals surface area contributed by atoms with Crippen LogP contribution in [0.2, 0.25) is 0 Å². The average molecular weight is 459 g/mol. The molecule has 0 saturated heterocycles. The van der Waals surface area contributed by atoms with Gasteiger partial charge in [-0.05, 0) is 42.0 Å². The topological polar surface area (TPSA) is 83.7 Å². The first-order chi connectivity index (χ1) is 15.7. The molecule has 170 valence electrons. The zero-order chi connectivity index (χ0) is 24.0. The second-order valence-corrected chi connectivity index (χ2v) is 6.72. The van der Waals surface area contributed by atoms with Crippen molar-refractivity contribution >= 4 is 17.4 Å². The maximum atomic E-state index is 13.2. The van der Waals surface area contributed by atoms with Gasteiger partial charge in [-0.25, -0.2) is 14.2 Å². The summed E-state index contributed by atoms with van der Waals surface area (Å²) in [4.78, 5) is 26.1. The summed E-state index contributed by atoms with van der Waals surface area (Å²) in [5.74, 6) is -2.71. The standard InChI is InChI=1S/C21H16FN3O.C2HF3O2/c22-17-11-9-16(10-12-17)20-24-19(18-8-4-5-13-25(18)20)21(26)23-14-15-6-2-1-3-7-15;3-2(4,5)1(6)7/h1-13H,14H2,(H,23,26);(H,6,7). The van der Waals surface area contributed by atoms with Crippen LogP contribution >= 0.6 is 0 Å². The largest absolute Gasteiger partial charge is 0.490 e. The summed E-state index contributed by atoms with van der Waals surface area (Å²) in [6.45, 7) is 0.428. The number of aromatic nitrogens is 2. The Balaban J connectivity index is 0.000000383. The van der Waals surface area contributed by atoms with Gasteiger partial charge in [0.05, 0.1) is 5.52 Å². The van der Waals surface area contributed by atoms with E-state index in [1.165, 1.54) is 12.1 Å². The van der Waals surface area contributed by atoms with Gasteiger partial charge in [-0.1, -0.05) is 36.4 Å². The number of halogens is 4. The Bertz CT molecular complexity index is 1250. The Labute approximate surface area is 185 Å². The molecule has 0 unspecified atom stereocenters. The van der Waals surface area contributed by atoms with E-state index in [1.807, 2.05) is 59.1 Å². The molecule has 0 fully saturated rings.